The molecule has 1 unspecified atom stereocenters. The van der Waals surface area contributed by atoms with Gasteiger partial charge in [-0.05, 0) is 18.9 Å². The summed E-state index contributed by atoms with van der Waals surface area (Å²) in [5.74, 6) is 0. The molecule has 0 aliphatic rings. The standard InChI is InChI=1S/C9H14F3N3/c1-7(13)4-8-5-14-15(6-8)3-2-9(10,11)12/h5-7H,2-4,13H2,1H3. The lowest BCUT2D eigenvalue weighted by molar-refractivity contribution is -0.137. The molecule has 3 nitrogen and oxygen atoms in total. The van der Waals surface area contributed by atoms with E-state index >= 15 is 0 Å². The Hall–Kier alpha value is -1.04. The van der Waals surface area contributed by atoms with E-state index in [2.05, 4.69) is 5.10 Å². The van der Waals surface area contributed by atoms with Gasteiger partial charge in [-0.1, -0.05) is 0 Å². The number of halogens is 3. The maximum absolute atomic E-state index is 11.9. The van der Waals surface area contributed by atoms with Crippen molar-refractivity contribution >= 4 is 0 Å². The van der Waals surface area contributed by atoms with Gasteiger partial charge in [-0.3, -0.25) is 4.68 Å². The molecule has 1 aromatic rings. The summed E-state index contributed by atoms with van der Waals surface area (Å²) in [5, 5.41) is 3.83. The van der Waals surface area contributed by atoms with Crippen LogP contribution in [0.15, 0.2) is 12.4 Å². The highest BCUT2D eigenvalue weighted by Gasteiger charge is 2.26. The van der Waals surface area contributed by atoms with E-state index in [-0.39, 0.29) is 12.6 Å². The van der Waals surface area contributed by atoms with E-state index in [0.717, 1.165) is 5.56 Å². The highest BCUT2D eigenvalue weighted by molar-refractivity contribution is 5.05. The van der Waals surface area contributed by atoms with Crippen LogP contribution in [0.25, 0.3) is 0 Å². The van der Waals surface area contributed by atoms with Crippen molar-refractivity contribution in [1.82, 2.24) is 9.78 Å². The van der Waals surface area contributed by atoms with Crippen LogP contribution in [0, 0.1) is 0 Å². The maximum Gasteiger partial charge on any atom is 0.390 e. The monoisotopic (exact) mass is 221 g/mol. The number of alkyl halides is 3. The SMILES string of the molecule is CC(N)Cc1cnn(CCC(F)(F)F)c1. The van der Waals surface area contributed by atoms with Crippen molar-refractivity contribution in [2.75, 3.05) is 0 Å². The molecule has 0 fully saturated rings. The van der Waals surface area contributed by atoms with Gasteiger partial charge in [0.2, 0.25) is 0 Å². The van der Waals surface area contributed by atoms with E-state index in [1.807, 2.05) is 6.92 Å². The van der Waals surface area contributed by atoms with Crippen LogP contribution in [0.3, 0.4) is 0 Å². The van der Waals surface area contributed by atoms with E-state index in [1.54, 1.807) is 12.4 Å². The van der Waals surface area contributed by atoms with Gasteiger partial charge in [0, 0.05) is 18.8 Å². The van der Waals surface area contributed by atoms with Gasteiger partial charge >= 0.3 is 6.18 Å². The quantitative estimate of drug-likeness (QED) is 0.841. The zero-order valence-electron chi connectivity index (χ0n) is 8.46. The third kappa shape index (κ3) is 4.83. The van der Waals surface area contributed by atoms with Crippen molar-refractivity contribution in [2.45, 2.75) is 38.5 Å². The number of hydrogen-bond acceptors (Lipinski definition) is 2. The van der Waals surface area contributed by atoms with Crippen LogP contribution >= 0.6 is 0 Å². The summed E-state index contributed by atoms with van der Waals surface area (Å²) >= 11 is 0. The van der Waals surface area contributed by atoms with Gasteiger partial charge in [-0.2, -0.15) is 18.3 Å². The first kappa shape index (κ1) is 12.0. The third-order valence-corrected chi connectivity index (χ3v) is 1.87. The van der Waals surface area contributed by atoms with Crippen molar-refractivity contribution in [1.29, 1.82) is 0 Å². The van der Waals surface area contributed by atoms with Crippen LogP contribution in [-0.2, 0) is 13.0 Å². The van der Waals surface area contributed by atoms with Crippen LogP contribution in [0.1, 0.15) is 18.9 Å². The van der Waals surface area contributed by atoms with E-state index < -0.39 is 12.6 Å². The minimum absolute atomic E-state index is 0.00901. The Morgan fingerprint density at radius 3 is 2.73 bits per heavy atom. The number of nitrogens with zero attached hydrogens (tertiary/aromatic N) is 2. The van der Waals surface area contributed by atoms with Gasteiger partial charge in [0.25, 0.3) is 0 Å². The van der Waals surface area contributed by atoms with Crippen LogP contribution in [-0.4, -0.2) is 22.0 Å². The summed E-state index contributed by atoms with van der Waals surface area (Å²) in [6.45, 7) is 1.70. The molecule has 1 atom stereocenters. The zero-order chi connectivity index (χ0) is 11.5. The Morgan fingerprint density at radius 2 is 2.20 bits per heavy atom. The lowest BCUT2D eigenvalue weighted by Crippen LogP contribution is -2.17. The Kier molecular flexibility index (Phi) is 3.73. The summed E-state index contributed by atoms with van der Waals surface area (Å²) in [5.41, 5.74) is 6.43. The van der Waals surface area contributed by atoms with Gasteiger partial charge in [0.15, 0.2) is 0 Å². The van der Waals surface area contributed by atoms with Crippen molar-refractivity contribution in [3.8, 4) is 0 Å². The second-order valence-electron chi connectivity index (χ2n) is 3.66. The zero-order valence-corrected chi connectivity index (χ0v) is 8.46. The smallest absolute Gasteiger partial charge is 0.328 e. The normalized spacial score (nSPS) is 14.2. The Morgan fingerprint density at radius 1 is 1.53 bits per heavy atom. The van der Waals surface area contributed by atoms with Crippen LogP contribution in [0.2, 0.25) is 0 Å². The molecule has 2 N–H and O–H groups in total. The van der Waals surface area contributed by atoms with Crippen molar-refractivity contribution in [2.24, 2.45) is 5.73 Å². The van der Waals surface area contributed by atoms with Gasteiger partial charge in [-0.25, -0.2) is 0 Å². The predicted octanol–water partition coefficient (Wildman–Crippen LogP) is 1.73. The molecule has 0 radical (unpaired) electrons. The highest BCUT2D eigenvalue weighted by atomic mass is 19.4. The molecule has 0 spiro atoms. The summed E-state index contributed by atoms with van der Waals surface area (Å²) in [7, 11) is 0. The van der Waals surface area contributed by atoms with Gasteiger partial charge in [0.05, 0.1) is 12.6 Å². The minimum atomic E-state index is -4.13. The van der Waals surface area contributed by atoms with Crippen LogP contribution in [0.5, 0.6) is 0 Å². The molecule has 1 aromatic heterocycles. The number of aromatic nitrogens is 2. The molecule has 1 rings (SSSR count). The molecule has 0 aromatic carbocycles. The summed E-state index contributed by atoms with van der Waals surface area (Å²) in [6.07, 6.45) is -1.19. The molecule has 0 saturated carbocycles. The molecule has 15 heavy (non-hydrogen) atoms. The molecule has 0 saturated heterocycles. The molecule has 0 bridgehead atoms. The fourth-order valence-electron chi connectivity index (χ4n) is 1.25. The van der Waals surface area contributed by atoms with E-state index in [1.165, 1.54) is 4.68 Å². The largest absolute Gasteiger partial charge is 0.390 e. The molecular formula is C9H14F3N3. The molecule has 0 aliphatic heterocycles. The highest BCUT2D eigenvalue weighted by Crippen LogP contribution is 2.20. The second kappa shape index (κ2) is 4.65. The maximum atomic E-state index is 11.9. The first-order valence-electron chi connectivity index (χ1n) is 4.70. The molecule has 1 heterocycles. The van der Waals surface area contributed by atoms with Gasteiger partial charge < -0.3 is 5.73 Å². The number of aryl methyl sites for hydroxylation is 1. The Balaban J connectivity index is 2.46. The fraction of sp³-hybridized carbons (Fsp3) is 0.667. The topological polar surface area (TPSA) is 43.8 Å². The average molecular weight is 221 g/mol. The Labute approximate surface area is 86.1 Å². The van der Waals surface area contributed by atoms with E-state index in [4.69, 9.17) is 5.73 Å². The minimum Gasteiger partial charge on any atom is -0.328 e. The molecular weight excluding hydrogens is 207 g/mol. The molecule has 0 amide bonds. The predicted molar refractivity (Wildman–Crippen MR) is 50.3 cm³/mol. The lowest BCUT2D eigenvalue weighted by Gasteiger charge is -2.05. The van der Waals surface area contributed by atoms with Crippen molar-refractivity contribution in [3.63, 3.8) is 0 Å². The second-order valence-corrected chi connectivity index (χ2v) is 3.66. The number of rotatable bonds is 4. The number of hydrogen-bond donors (Lipinski definition) is 1. The average Bonchev–Trinajstić information content (AvgIpc) is 2.46. The summed E-state index contributed by atoms with van der Waals surface area (Å²) in [6, 6.07) is -0.00901. The number of nitrogens with two attached hydrogens (primary N) is 1. The summed E-state index contributed by atoms with van der Waals surface area (Å²) in [4.78, 5) is 0. The molecule has 0 aliphatic carbocycles. The van der Waals surface area contributed by atoms with Crippen molar-refractivity contribution in [3.05, 3.63) is 18.0 Å². The van der Waals surface area contributed by atoms with Crippen LogP contribution in [0.4, 0.5) is 13.2 Å². The van der Waals surface area contributed by atoms with E-state index in [9.17, 15) is 13.2 Å². The lowest BCUT2D eigenvalue weighted by atomic mass is 10.1. The van der Waals surface area contributed by atoms with Gasteiger partial charge in [-0.15, -0.1) is 0 Å². The van der Waals surface area contributed by atoms with E-state index in [0.29, 0.717) is 6.42 Å². The molecule has 86 valence electrons. The van der Waals surface area contributed by atoms with Gasteiger partial charge in [0.1, 0.15) is 0 Å². The fourth-order valence-corrected chi connectivity index (χ4v) is 1.25. The first-order chi connectivity index (χ1) is 6.87. The third-order valence-electron chi connectivity index (χ3n) is 1.87. The first-order valence-corrected chi connectivity index (χ1v) is 4.70. The van der Waals surface area contributed by atoms with Crippen molar-refractivity contribution < 1.29 is 13.2 Å². The summed E-state index contributed by atoms with van der Waals surface area (Å²) < 4.78 is 37.0. The van der Waals surface area contributed by atoms with Crippen LogP contribution < -0.4 is 5.73 Å². The molecule has 6 heteroatoms. The Bertz CT molecular complexity index is 304.